The molecular weight excluding hydrogens is 425 g/mol. The van der Waals surface area contributed by atoms with E-state index >= 15 is 0 Å². The Morgan fingerprint density at radius 2 is 2.00 bits per heavy atom. The number of anilines is 1. The molecule has 120 valence electrons. The molecule has 1 aliphatic carbocycles. The van der Waals surface area contributed by atoms with Gasteiger partial charge in [0.1, 0.15) is 5.00 Å². The molecule has 0 saturated heterocycles. The molecular formula is C17H16INO3S. The minimum absolute atomic E-state index is 0.202. The third-order valence-electron chi connectivity index (χ3n) is 3.73. The highest BCUT2D eigenvalue weighted by atomic mass is 127. The van der Waals surface area contributed by atoms with Crippen LogP contribution in [0.15, 0.2) is 24.3 Å². The molecule has 0 unspecified atom stereocenters. The summed E-state index contributed by atoms with van der Waals surface area (Å²) in [5.74, 6) is -0.545. The van der Waals surface area contributed by atoms with Crippen LogP contribution in [0.25, 0.3) is 0 Å². The second-order valence-electron chi connectivity index (χ2n) is 5.24. The van der Waals surface area contributed by atoms with Crippen molar-refractivity contribution in [3.05, 3.63) is 49.4 Å². The summed E-state index contributed by atoms with van der Waals surface area (Å²) in [5.41, 5.74) is 2.17. The number of hydrogen-bond donors (Lipinski definition) is 1. The molecule has 1 heterocycles. The standard InChI is InChI=1S/C17H16INO3S/c1-2-22-17(21)14-12-4-3-5-13(12)23-16(14)19-15(20)10-6-8-11(18)9-7-10/h6-9H,2-5H2,1H3,(H,19,20). The third-order valence-corrected chi connectivity index (χ3v) is 5.66. The number of rotatable bonds is 4. The molecule has 1 amide bonds. The van der Waals surface area contributed by atoms with E-state index in [0.717, 1.165) is 28.4 Å². The molecule has 1 N–H and O–H groups in total. The van der Waals surface area contributed by atoms with Crippen molar-refractivity contribution in [1.29, 1.82) is 0 Å². The second kappa shape index (κ2) is 7.00. The molecule has 1 aromatic heterocycles. The molecule has 0 atom stereocenters. The lowest BCUT2D eigenvalue weighted by Gasteiger charge is -2.08. The van der Waals surface area contributed by atoms with Crippen molar-refractivity contribution >= 4 is 50.8 Å². The summed E-state index contributed by atoms with van der Waals surface area (Å²) in [6, 6.07) is 7.33. The first-order chi connectivity index (χ1) is 11.1. The molecule has 0 fully saturated rings. The minimum Gasteiger partial charge on any atom is -0.462 e. The molecule has 1 aromatic carbocycles. The van der Waals surface area contributed by atoms with Gasteiger partial charge in [0, 0.05) is 14.0 Å². The van der Waals surface area contributed by atoms with E-state index < -0.39 is 0 Å². The zero-order valence-electron chi connectivity index (χ0n) is 12.6. The maximum Gasteiger partial charge on any atom is 0.341 e. The van der Waals surface area contributed by atoms with Crippen LogP contribution in [-0.2, 0) is 17.6 Å². The van der Waals surface area contributed by atoms with Gasteiger partial charge in [0.05, 0.1) is 12.2 Å². The first kappa shape index (κ1) is 16.4. The Kier molecular flexibility index (Phi) is 5.01. The van der Waals surface area contributed by atoms with Gasteiger partial charge in [-0.05, 0) is 78.6 Å². The Hall–Kier alpha value is -1.41. The summed E-state index contributed by atoms with van der Waals surface area (Å²) < 4.78 is 6.24. The summed E-state index contributed by atoms with van der Waals surface area (Å²) in [6.07, 6.45) is 2.89. The fourth-order valence-corrected chi connectivity index (χ4v) is 4.32. The number of nitrogens with one attached hydrogen (secondary N) is 1. The van der Waals surface area contributed by atoms with E-state index in [2.05, 4.69) is 27.9 Å². The molecule has 1 aliphatic rings. The van der Waals surface area contributed by atoms with Crippen LogP contribution in [0.5, 0.6) is 0 Å². The smallest absolute Gasteiger partial charge is 0.341 e. The highest BCUT2D eigenvalue weighted by molar-refractivity contribution is 14.1. The first-order valence-corrected chi connectivity index (χ1v) is 9.38. The Morgan fingerprint density at radius 3 is 2.70 bits per heavy atom. The monoisotopic (exact) mass is 441 g/mol. The van der Waals surface area contributed by atoms with Gasteiger partial charge in [-0.15, -0.1) is 11.3 Å². The van der Waals surface area contributed by atoms with Crippen molar-refractivity contribution in [2.24, 2.45) is 0 Å². The normalized spacial score (nSPS) is 12.8. The van der Waals surface area contributed by atoms with E-state index in [1.54, 1.807) is 19.1 Å². The van der Waals surface area contributed by atoms with E-state index in [9.17, 15) is 9.59 Å². The summed E-state index contributed by atoms with van der Waals surface area (Å²) in [7, 11) is 0. The highest BCUT2D eigenvalue weighted by Gasteiger charge is 2.28. The van der Waals surface area contributed by atoms with Crippen LogP contribution in [0.1, 0.15) is 44.5 Å². The van der Waals surface area contributed by atoms with Gasteiger partial charge >= 0.3 is 5.97 Å². The van der Waals surface area contributed by atoms with E-state index in [-0.39, 0.29) is 11.9 Å². The van der Waals surface area contributed by atoms with Crippen molar-refractivity contribution in [2.75, 3.05) is 11.9 Å². The van der Waals surface area contributed by atoms with Gasteiger partial charge in [0.25, 0.3) is 5.91 Å². The van der Waals surface area contributed by atoms with Gasteiger partial charge in [0.2, 0.25) is 0 Å². The fourth-order valence-electron chi connectivity index (χ4n) is 2.69. The predicted molar refractivity (Wildman–Crippen MR) is 99.4 cm³/mol. The van der Waals surface area contributed by atoms with Gasteiger partial charge in [-0.3, -0.25) is 4.79 Å². The first-order valence-electron chi connectivity index (χ1n) is 7.48. The number of amides is 1. The maximum atomic E-state index is 12.4. The van der Waals surface area contributed by atoms with Gasteiger partial charge in [0.15, 0.2) is 0 Å². The van der Waals surface area contributed by atoms with Crippen LogP contribution in [-0.4, -0.2) is 18.5 Å². The minimum atomic E-state index is -0.343. The molecule has 0 spiro atoms. The quantitative estimate of drug-likeness (QED) is 0.570. The average Bonchev–Trinajstić information content (AvgIpc) is 3.08. The van der Waals surface area contributed by atoms with E-state index in [1.807, 2.05) is 12.1 Å². The number of esters is 1. The molecule has 6 heteroatoms. The van der Waals surface area contributed by atoms with Gasteiger partial charge in [-0.1, -0.05) is 0 Å². The molecule has 2 aromatic rings. The molecule has 23 heavy (non-hydrogen) atoms. The van der Waals surface area contributed by atoms with E-state index in [1.165, 1.54) is 16.2 Å². The summed E-state index contributed by atoms with van der Waals surface area (Å²) in [5, 5.41) is 3.50. The Bertz CT molecular complexity index is 752. The van der Waals surface area contributed by atoms with Crippen LogP contribution >= 0.6 is 33.9 Å². The van der Waals surface area contributed by atoms with E-state index in [4.69, 9.17) is 4.74 Å². The molecule has 0 bridgehead atoms. The molecule has 3 rings (SSSR count). The zero-order valence-corrected chi connectivity index (χ0v) is 15.6. The maximum absolute atomic E-state index is 12.4. The number of fused-ring (bicyclic) bond motifs is 1. The average molecular weight is 441 g/mol. The lowest BCUT2D eigenvalue weighted by molar-refractivity contribution is 0.0527. The predicted octanol–water partition coefficient (Wildman–Crippen LogP) is 4.27. The van der Waals surface area contributed by atoms with Gasteiger partial charge in [-0.2, -0.15) is 0 Å². The number of thiophene rings is 1. The van der Waals surface area contributed by atoms with E-state index in [0.29, 0.717) is 22.7 Å². The second-order valence-corrected chi connectivity index (χ2v) is 7.59. The van der Waals surface area contributed by atoms with Crippen LogP contribution in [0.4, 0.5) is 5.00 Å². The highest BCUT2D eigenvalue weighted by Crippen LogP contribution is 2.39. The summed E-state index contributed by atoms with van der Waals surface area (Å²) in [4.78, 5) is 25.9. The number of benzene rings is 1. The van der Waals surface area contributed by atoms with Crippen molar-refractivity contribution in [3.63, 3.8) is 0 Å². The molecule has 0 radical (unpaired) electrons. The summed E-state index contributed by atoms with van der Waals surface area (Å²) in [6.45, 7) is 2.11. The van der Waals surface area contributed by atoms with Crippen molar-refractivity contribution in [2.45, 2.75) is 26.2 Å². The van der Waals surface area contributed by atoms with Gasteiger partial charge < -0.3 is 10.1 Å². The Balaban J connectivity index is 1.89. The van der Waals surface area contributed by atoms with Crippen molar-refractivity contribution in [1.82, 2.24) is 0 Å². The lowest BCUT2D eigenvalue weighted by atomic mass is 10.1. The topological polar surface area (TPSA) is 55.4 Å². The number of ether oxygens (including phenoxy) is 1. The number of aryl methyl sites for hydroxylation is 1. The van der Waals surface area contributed by atoms with Crippen LogP contribution in [0.3, 0.4) is 0 Å². The largest absolute Gasteiger partial charge is 0.462 e. The third kappa shape index (κ3) is 3.42. The van der Waals surface area contributed by atoms with Crippen LogP contribution in [0.2, 0.25) is 0 Å². The molecule has 0 aliphatic heterocycles. The number of carbonyl (C=O) groups excluding carboxylic acids is 2. The lowest BCUT2D eigenvalue weighted by Crippen LogP contribution is -2.15. The Morgan fingerprint density at radius 1 is 1.26 bits per heavy atom. The zero-order chi connectivity index (χ0) is 16.4. The van der Waals surface area contributed by atoms with Crippen LogP contribution in [0, 0.1) is 3.57 Å². The van der Waals surface area contributed by atoms with Crippen LogP contribution < -0.4 is 5.32 Å². The van der Waals surface area contributed by atoms with Gasteiger partial charge in [-0.25, -0.2) is 4.79 Å². The molecule has 4 nitrogen and oxygen atoms in total. The number of halogens is 1. The van der Waals surface area contributed by atoms with Crippen molar-refractivity contribution < 1.29 is 14.3 Å². The summed E-state index contributed by atoms with van der Waals surface area (Å²) >= 11 is 3.69. The molecule has 0 saturated carbocycles. The number of carbonyl (C=O) groups is 2. The number of hydrogen-bond acceptors (Lipinski definition) is 4. The SMILES string of the molecule is CCOC(=O)c1c(NC(=O)c2ccc(I)cc2)sc2c1CCC2. The fraction of sp³-hybridized carbons (Fsp3) is 0.294. The Labute approximate surface area is 152 Å². The van der Waals surface area contributed by atoms with Crippen molar-refractivity contribution in [3.8, 4) is 0 Å².